The molecule has 4 N–H and O–H groups in total. The fraction of sp³-hybridized carbons (Fsp3) is 0.0556. The summed E-state index contributed by atoms with van der Waals surface area (Å²) in [5, 5.41) is 29.8. The van der Waals surface area contributed by atoms with Crippen LogP contribution >= 0.6 is 11.6 Å². The van der Waals surface area contributed by atoms with Gasteiger partial charge in [-0.2, -0.15) is 0 Å². The molecule has 2 aromatic carbocycles. The molecule has 0 saturated carbocycles. The van der Waals surface area contributed by atoms with E-state index in [0.717, 1.165) is 5.56 Å². The number of benzene rings is 2. The number of hydrogen-bond acceptors (Lipinski definition) is 7. The van der Waals surface area contributed by atoms with E-state index in [1.165, 1.54) is 0 Å². The van der Waals surface area contributed by atoms with Crippen LogP contribution in [0.2, 0.25) is 5.02 Å². The van der Waals surface area contributed by atoms with Gasteiger partial charge < -0.3 is 20.7 Å². The molecule has 0 aliphatic rings. The Morgan fingerprint density at radius 3 is 2.35 bits per heavy atom. The molecule has 3 aromatic rings. The van der Waals surface area contributed by atoms with Crippen LogP contribution in [0.1, 0.15) is 17.4 Å². The predicted octanol–water partition coefficient (Wildman–Crippen LogP) is 3.70. The Labute approximate surface area is 154 Å². The first-order valence-corrected chi connectivity index (χ1v) is 7.99. The fourth-order valence-electron chi connectivity index (χ4n) is 2.44. The monoisotopic (exact) mass is 370 g/mol. The van der Waals surface area contributed by atoms with Crippen LogP contribution in [-0.2, 0) is 0 Å². The second-order valence-electron chi connectivity index (χ2n) is 5.40. The van der Waals surface area contributed by atoms with E-state index in [9.17, 15) is 10.4 Å². The number of nitrogens with zero attached hydrogens (tertiary/aromatic N) is 3. The molecule has 0 spiro atoms. The Morgan fingerprint density at radius 1 is 1.04 bits per heavy atom. The molecule has 0 fully saturated rings. The second-order valence-corrected chi connectivity index (χ2v) is 5.84. The van der Waals surface area contributed by atoms with E-state index in [4.69, 9.17) is 21.9 Å². The van der Waals surface area contributed by atoms with Gasteiger partial charge in [0.05, 0.1) is 0 Å². The summed E-state index contributed by atoms with van der Waals surface area (Å²) in [6.45, 7) is 0. The van der Waals surface area contributed by atoms with Crippen molar-refractivity contribution in [1.29, 1.82) is 0 Å². The second kappa shape index (κ2) is 7.81. The zero-order valence-corrected chi connectivity index (χ0v) is 14.2. The van der Waals surface area contributed by atoms with Gasteiger partial charge in [0.2, 0.25) is 0 Å². The van der Waals surface area contributed by atoms with E-state index >= 15 is 0 Å². The summed E-state index contributed by atoms with van der Waals surface area (Å²) in [5.41, 5.74) is 7.99. The van der Waals surface area contributed by atoms with Crippen molar-refractivity contribution in [2.75, 3.05) is 0 Å². The predicted molar refractivity (Wildman–Crippen MR) is 97.9 cm³/mol. The highest BCUT2D eigenvalue weighted by Crippen LogP contribution is 2.24. The first-order chi connectivity index (χ1) is 12.6. The number of rotatable bonds is 5. The molecule has 7 nitrogen and oxygen atoms in total. The van der Waals surface area contributed by atoms with Gasteiger partial charge in [0.1, 0.15) is 23.2 Å². The number of oxime groups is 2. The molecule has 0 amide bonds. The average Bonchev–Trinajstić information content (AvgIpc) is 3.17. The molecule has 1 unspecified atom stereocenters. The summed E-state index contributed by atoms with van der Waals surface area (Å²) in [6.07, 6.45) is 0. The maximum atomic E-state index is 9.41. The number of aromatic nitrogens is 1. The first-order valence-electron chi connectivity index (χ1n) is 7.62. The highest BCUT2D eigenvalue weighted by Gasteiger charge is 2.26. The minimum absolute atomic E-state index is 0.0324. The van der Waals surface area contributed by atoms with Gasteiger partial charge in [0, 0.05) is 22.2 Å². The van der Waals surface area contributed by atoms with Crippen LogP contribution in [0.3, 0.4) is 0 Å². The molecule has 3 rings (SSSR count). The van der Waals surface area contributed by atoms with Gasteiger partial charge in [-0.1, -0.05) is 69.5 Å². The summed E-state index contributed by atoms with van der Waals surface area (Å²) in [5.74, 6) is 0.250. The molecule has 1 aromatic heterocycles. The van der Waals surface area contributed by atoms with E-state index < -0.39 is 6.04 Å². The van der Waals surface area contributed by atoms with Crippen LogP contribution in [0.4, 0.5) is 0 Å². The zero-order chi connectivity index (χ0) is 18.5. The average molecular weight is 371 g/mol. The molecule has 132 valence electrons. The van der Waals surface area contributed by atoms with Crippen LogP contribution in [0.15, 0.2) is 75.5 Å². The maximum Gasteiger partial charge on any atom is 0.160 e. The fourth-order valence-corrected chi connectivity index (χ4v) is 2.56. The van der Waals surface area contributed by atoms with Crippen LogP contribution in [-0.4, -0.2) is 27.0 Å². The third-order valence-electron chi connectivity index (χ3n) is 3.77. The third-order valence-corrected chi connectivity index (χ3v) is 4.02. The highest BCUT2D eigenvalue weighted by molar-refractivity contribution is 6.49. The lowest BCUT2D eigenvalue weighted by molar-refractivity contribution is 0.310. The molecular weight excluding hydrogens is 356 g/mol. The van der Waals surface area contributed by atoms with E-state index in [1.807, 2.05) is 6.07 Å². The summed E-state index contributed by atoms with van der Waals surface area (Å²) in [6, 6.07) is 16.4. The largest absolute Gasteiger partial charge is 0.411 e. The van der Waals surface area contributed by atoms with Gasteiger partial charge in [-0.15, -0.1) is 0 Å². The van der Waals surface area contributed by atoms with E-state index in [-0.39, 0.29) is 17.2 Å². The van der Waals surface area contributed by atoms with Gasteiger partial charge in [-0.05, 0) is 12.1 Å². The van der Waals surface area contributed by atoms with Crippen molar-refractivity contribution >= 4 is 23.0 Å². The Bertz CT molecular complexity index is 937. The molecule has 0 saturated heterocycles. The standard InChI is InChI=1S/C18H15ClN4O3/c19-13-8-6-11(7-9-13)14-10-15(26-23-14)16(20)18(22-25)17(21-24)12-4-2-1-3-5-12/h1-10,16,24-25H,20H2. The van der Waals surface area contributed by atoms with Gasteiger partial charge in [0.15, 0.2) is 5.76 Å². The number of nitrogens with two attached hydrogens (primary N) is 1. The topological polar surface area (TPSA) is 117 Å². The molecule has 1 heterocycles. The Hall–Kier alpha value is -3.16. The number of hydrogen-bond donors (Lipinski definition) is 3. The summed E-state index contributed by atoms with van der Waals surface area (Å²) < 4.78 is 5.29. The summed E-state index contributed by atoms with van der Waals surface area (Å²) in [7, 11) is 0. The molecule has 0 aliphatic heterocycles. The van der Waals surface area contributed by atoms with Crippen LogP contribution in [0.5, 0.6) is 0 Å². The van der Waals surface area contributed by atoms with E-state index in [2.05, 4.69) is 15.5 Å². The first kappa shape index (κ1) is 17.7. The molecular formula is C18H15ClN4O3. The van der Waals surface area contributed by atoms with Gasteiger partial charge in [-0.3, -0.25) is 0 Å². The lowest BCUT2D eigenvalue weighted by Gasteiger charge is -2.11. The van der Waals surface area contributed by atoms with E-state index in [1.54, 1.807) is 54.6 Å². The third kappa shape index (κ3) is 3.58. The SMILES string of the molecule is NC(C(=NO)C(=NO)c1ccccc1)c1cc(-c2ccc(Cl)cc2)no1. The van der Waals surface area contributed by atoms with Crippen molar-refractivity contribution in [2.24, 2.45) is 16.0 Å². The molecule has 0 bridgehead atoms. The minimum atomic E-state index is -0.986. The Balaban J connectivity index is 1.90. The van der Waals surface area contributed by atoms with Gasteiger partial charge in [0.25, 0.3) is 0 Å². The Kier molecular flexibility index (Phi) is 5.31. The normalized spacial score (nSPS) is 13.6. The highest BCUT2D eigenvalue weighted by atomic mass is 35.5. The van der Waals surface area contributed by atoms with Crippen molar-refractivity contribution in [3.05, 3.63) is 77.0 Å². The summed E-state index contributed by atoms with van der Waals surface area (Å²) >= 11 is 5.88. The van der Waals surface area contributed by atoms with Crippen molar-refractivity contribution < 1.29 is 14.9 Å². The number of halogens is 1. The van der Waals surface area contributed by atoms with Crippen molar-refractivity contribution in [2.45, 2.75) is 6.04 Å². The van der Waals surface area contributed by atoms with Crippen molar-refractivity contribution in [1.82, 2.24) is 5.16 Å². The smallest absolute Gasteiger partial charge is 0.160 e. The molecule has 26 heavy (non-hydrogen) atoms. The van der Waals surface area contributed by atoms with Gasteiger partial charge in [-0.25, -0.2) is 0 Å². The zero-order valence-electron chi connectivity index (χ0n) is 13.5. The minimum Gasteiger partial charge on any atom is -0.411 e. The van der Waals surface area contributed by atoms with Gasteiger partial charge >= 0.3 is 0 Å². The lowest BCUT2D eigenvalue weighted by atomic mass is 9.99. The van der Waals surface area contributed by atoms with Crippen LogP contribution in [0.25, 0.3) is 11.3 Å². The Morgan fingerprint density at radius 2 is 1.73 bits per heavy atom. The lowest BCUT2D eigenvalue weighted by Crippen LogP contribution is -2.29. The van der Waals surface area contributed by atoms with Crippen LogP contribution < -0.4 is 5.73 Å². The van der Waals surface area contributed by atoms with Crippen molar-refractivity contribution in [3.63, 3.8) is 0 Å². The van der Waals surface area contributed by atoms with Crippen LogP contribution in [0, 0.1) is 0 Å². The quantitative estimate of drug-likeness (QED) is 0.359. The molecule has 0 radical (unpaired) electrons. The molecule has 1 atom stereocenters. The summed E-state index contributed by atoms with van der Waals surface area (Å²) in [4.78, 5) is 0. The molecule has 0 aliphatic carbocycles. The maximum absolute atomic E-state index is 9.41. The van der Waals surface area contributed by atoms with E-state index in [0.29, 0.717) is 16.3 Å². The van der Waals surface area contributed by atoms with Crippen molar-refractivity contribution in [3.8, 4) is 11.3 Å². The molecule has 8 heteroatoms.